The maximum Gasteiger partial charge on any atom is 0.197 e. The molecule has 6 heteroatoms. The molecule has 2 aromatic carbocycles. The van der Waals surface area contributed by atoms with Crippen molar-refractivity contribution in [3.8, 4) is 0 Å². The lowest BCUT2D eigenvalue weighted by Gasteiger charge is -2.23. The molecule has 0 saturated heterocycles. The van der Waals surface area contributed by atoms with Gasteiger partial charge in [-0.05, 0) is 54.0 Å². The van der Waals surface area contributed by atoms with Crippen LogP contribution >= 0.6 is 23.2 Å². The molecule has 0 radical (unpaired) electrons. The molecule has 2 aromatic rings. The smallest absolute Gasteiger partial charge is 0.197 e. The van der Waals surface area contributed by atoms with Crippen molar-refractivity contribution in [3.05, 3.63) is 85.6 Å². The third-order valence-corrected chi connectivity index (χ3v) is 6.83. The van der Waals surface area contributed by atoms with E-state index in [1.54, 1.807) is 6.08 Å². The molecular formula is C24H21Cl2NO3. The van der Waals surface area contributed by atoms with Gasteiger partial charge in [0.2, 0.25) is 0 Å². The van der Waals surface area contributed by atoms with Crippen LogP contribution in [0.5, 0.6) is 0 Å². The number of nitrogens with zero attached hydrogens (tertiary/aromatic N) is 1. The minimum absolute atomic E-state index is 0.0195. The molecule has 1 N–H and O–H groups in total. The Bertz CT molecular complexity index is 1150. The number of halogens is 2. The summed E-state index contributed by atoms with van der Waals surface area (Å²) < 4.78 is 0. The average molecular weight is 442 g/mol. The van der Waals surface area contributed by atoms with Gasteiger partial charge in [-0.1, -0.05) is 43.1 Å². The second kappa shape index (κ2) is 7.09. The third-order valence-electron chi connectivity index (χ3n) is 6.11. The van der Waals surface area contributed by atoms with Crippen molar-refractivity contribution < 1.29 is 14.7 Å². The molecule has 4 nitrogen and oxygen atoms in total. The number of benzene rings is 2. The van der Waals surface area contributed by atoms with Gasteiger partial charge >= 0.3 is 0 Å². The first kappa shape index (κ1) is 20.9. The van der Waals surface area contributed by atoms with Crippen molar-refractivity contribution in [1.82, 2.24) is 0 Å². The highest BCUT2D eigenvalue weighted by Gasteiger charge is 2.39. The van der Waals surface area contributed by atoms with Crippen molar-refractivity contribution in [2.75, 3.05) is 11.9 Å². The fourth-order valence-electron chi connectivity index (χ4n) is 4.32. The number of anilines is 1. The highest BCUT2D eigenvalue weighted by Crippen LogP contribution is 2.48. The molecule has 4 rings (SSSR count). The average Bonchev–Trinajstić information content (AvgIpc) is 3.02. The predicted octanol–water partition coefficient (Wildman–Crippen LogP) is 5.41. The number of rotatable bonds is 2. The van der Waals surface area contributed by atoms with Crippen LogP contribution in [0.3, 0.4) is 0 Å². The lowest BCUT2D eigenvalue weighted by atomic mass is 9.82. The van der Waals surface area contributed by atoms with Crippen LogP contribution in [0.15, 0.2) is 47.7 Å². The number of hydrogen-bond donors (Lipinski definition) is 1. The molecular weight excluding hydrogens is 421 g/mol. The SMILES string of the molecule is Cc1cc2c(cc1CO)C(C)(C)/C(=C\C=C1C(=O)c3cc(Cl)c(Cl)cc3C1=O)N2C. The highest BCUT2D eigenvalue weighted by atomic mass is 35.5. The molecule has 1 heterocycles. The Labute approximate surface area is 185 Å². The predicted molar refractivity (Wildman–Crippen MR) is 120 cm³/mol. The second-order valence-corrected chi connectivity index (χ2v) is 9.05. The van der Waals surface area contributed by atoms with E-state index in [9.17, 15) is 14.7 Å². The van der Waals surface area contributed by atoms with Gasteiger partial charge in [0.25, 0.3) is 0 Å². The van der Waals surface area contributed by atoms with E-state index >= 15 is 0 Å². The number of Topliss-reactive ketones (excluding diaryl/α,β-unsaturated/α-hetero) is 2. The van der Waals surface area contributed by atoms with E-state index in [1.807, 2.05) is 26.1 Å². The molecule has 0 unspecified atom stereocenters. The number of aliphatic hydroxyl groups excluding tert-OH is 1. The van der Waals surface area contributed by atoms with Crippen molar-refractivity contribution in [2.45, 2.75) is 32.8 Å². The number of aliphatic hydroxyl groups is 1. The molecule has 1 aliphatic carbocycles. The molecule has 154 valence electrons. The molecule has 2 aliphatic rings. The first-order valence-corrected chi connectivity index (χ1v) is 10.3. The number of aryl methyl sites for hydroxylation is 1. The molecule has 0 aromatic heterocycles. The number of carbonyl (C=O) groups excluding carboxylic acids is 2. The standard InChI is InChI=1S/C24H21Cl2NO3/c1-12-7-20-17(8-13(12)11-28)24(2,3)21(27(20)4)6-5-14-22(29)15-9-18(25)19(26)10-16(15)23(14)30/h5-10,28H,11H2,1-4H3/b21-6+. The Morgan fingerprint density at radius 1 is 1.00 bits per heavy atom. The number of allylic oxidation sites excluding steroid dienone is 4. The van der Waals surface area contributed by atoms with Gasteiger partial charge in [-0.25, -0.2) is 0 Å². The lowest BCUT2D eigenvalue weighted by molar-refractivity contribution is 0.0988. The van der Waals surface area contributed by atoms with Crippen LogP contribution in [0.1, 0.15) is 51.3 Å². The minimum atomic E-state index is -0.358. The first-order valence-electron chi connectivity index (χ1n) is 9.57. The van der Waals surface area contributed by atoms with Gasteiger partial charge in [-0.3, -0.25) is 9.59 Å². The van der Waals surface area contributed by atoms with Crippen LogP contribution in [0.25, 0.3) is 0 Å². The van der Waals surface area contributed by atoms with Crippen LogP contribution in [0.4, 0.5) is 5.69 Å². The Balaban J connectivity index is 1.78. The summed E-state index contributed by atoms with van der Waals surface area (Å²) in [6, 6.07) is 6.99. The Hall–Kier alpha value is -2.40. The molecule has 0 amide bonds. The highest BCUT2D eigenvalue weighted by molar-refractivity contribution is 6.45. The quantitative estimate of drug-likeness (QED) is 0.499. The van der Waals surface area contributed by atoms with Crippen molar-refractivity contribution >= 4 is 40.5 Å². The summed E-state index contributed by atoms with van der Waals surface area (Å²) in [5.41, 5.74) is 5.30. The van der Waals surface area contributed by atoms with E-state index in [-0.39, 0.29) is 50.3 Å². The van der Waals surface area contributed by atoms with Crippen molar-refractivity contribution in [3.63, 3.8) is 0 Å². The van der Waals surface area contributed by atoms with Crippen molar-refractivity contribution in [1.29, 1.82) is 0 Å². The minimum Gasteiger partial charge on any atom is -0.392 e. The second-order valence-electron chi connectivity index (χ2n) is 8.24. The normalized spacial score (nSPS) is 18.3. The zero-order chi connectivity index (χ0) is 22.0. The molecule has 30 heavy (non-hydrogen) atoms. The summed E-state index contributed by atoms with van der Waals surface area (Å²) in [4.78, 5) is 27.7. The van der Waals surface area contributed by atoms with Gasteiger partial charge in [0.1, 0.15) is 0 Å². The maximum absolute atomic E-state index is 12.8. The van der Waals surface area contributed by atoms with Gasteiger partial charge in [0.05, 0.1) is 22.2 Å². The van der Waals surface area contributed by atoms with E-state index in [2.05, 4.69) is 24.8 Å². The van der Waals surface area contributed by atoms with Gasteiger partial charge in [0, 0.05) is 35.0 Å². The Morgan fingerprint density at radius 2 is 1.57 bits per heavy atom. The lowest BCUT2D eigenvalue weighted by Crippen LogP contribution is -2.22. The van der Waals surface area contributed by atoms with Crippen molar-refractivity contribution in [2.24, 2.45) is 0 Å². The van der Waals surface area contributed by atoms with Gasteiger partial charge in [-0.2, -0.15) is 0 Å². The largest absolute Gasteiger partial charge is 0.392 e. The number of ketones is 2. The summed E-state index contributed by atoms with van der Waals surface area (Å²) in [6.45, 7) is 6.12. The van der Waals surface area contributed by atoms with Gasteiger partial charge in [-0.15, -0.1) is 0 Å². The zero-order valence-electron chi connectivity index (χ0n) is 17.1. The number of fused-ring (bicyclic) bond motifs is 2. The molecule has 0 bridgehead atoms. The topological polar surface area (TPSA) is 57.6 Å². The number of hydrogen-bond acceptors (Lipinski definition) is 4. The van der Waals surface area contributed by atoms with E-state index in [4.69, 9.17) is 23.2 Å². The molecule has 0 atom stereocenters. The Morgan fingerprint density at radius 3 is 2.10 bits per heavy atom. The monoisotopic (exact) mass is 441 g/mol. The summed E-state index contributed by atoms with van der Waals surface area (Å²) in [7, 11) is 1.96. The number of likely N-dealkylation sites (N-methyl/N-ethyl adjacent to an activating group) is 1. The van der Waals surface area contributed by atoms with E-state index in [0.717, 1.165) is 28.1 Å². The van der Waals surface area contributed by atoms with E-state index < -0.39 is 0 Å². The van der Waals surface area contributed by atoms with Gasteiger partial charge in [0.15, 0.2) is 11.6 Å². The van der Waals surface area contributed by atoms with Crippen LogP contribution in [0, 0.1) is 6.92 Å². The van der Waals surface area contributed by atoms with E-state index in [0.29, 0.717) is 0 Å². The fourth-order valence-corrected chi connectivity index (χ4v) is 4.65. The zero-order valence-corrected chi connectivity index (χ0v) is 18.6. The van der Waals surface area contributed by atoms with Crippen LogP contribution in [-0.2, 0) is 12.0 Å². The first-order chi connectivity index (χ1) is 14.1. The number of carbonyl (C=O) groups is 2. The molecule has 0 spiro atoms. The third kappa shape index (κ3) is 2.94. The molecule has 0 saturated carbocycles. The van der Waals surface area contributed by atoms with Gasteiger partial charge < -0.3 is 10.0 Å². The van der Waals surface area contributed by atoms with Crippen LogP contribution < -0.4 is 4.90 Å². The summed E-state index contributed by atoms with van der Waals surface area (Å²) in [6.07, 6.45) is 3.42. The summed E-state index contributed by atoms with van der Waals surface area (Å²) in [5, 5.41) is 10.1. The summed E-state index contributed by atoms with van der Waals surface area (Å²) >= 11 is 12.1. The fraction of sp³-hybridized carbons (Fsp3) is 0.250. The maximum atomic E-state index is 12.8. The molecule has 1 aliphatic heterocycles. The van der Waals surface area contributed by atoms with Crippen LogP contribution in [-0.4, -0.2) is 23.7 Å². The Kier molecular flexibility index (Phi) is 4.93. The van der Waals surface area contributed by atoms with E-state index in [1.165, 1.54) is 12.1 Å². The molecule has 0 fully saturated rings. The summed E-state index contributed by atoms with van der Waals surface area (Å²) in [5.74, 6) is -0.695. The van der Waals surface area contributed by atoms with Crippen LogP contribution in [0.2, 0.25) is 10.0 Å².